The molecule has 1 aliphatic heterocycles. The van der Waals surface area contributed by atoms with Gasteiger partial charge in [-0.2, -0.15) is 4.98 Å². The van der Waals surface area contributed by atoms with Crippen LogP contribution in [0.2, 0.25) is 0 Å². The second kappa shape index (κ2) is 9.58. The molecule has 0 spiro atoms. The zero-order valence-corrected chi connectivity index (χ0v) is 18.7. The number of benzene rings is 1. The van der Waals surface area contributed by atoms with E-state index in [0.717, 1.165) is 18.4 Å². The Kier molecular flexibility index (Phi) is 7.08. The largest absolute Gasteiger partial charge is 0.379 e. The van der Waals surface area contributed by atoms with Crippen molar-refractivity contribution in [1.82, 2.24) is 15.0 Å². The zero-order valence-electron chi connectivity index (χ0n) is 18.7. The van der Waals surface area contributed by atoms with Gasteiger partial charge in [0.1, 0.15) is 6.67 Å². The third kappa shape index (κ3) is 5.89. The first kappa shape index (κ1) is 22.9. The van der Waals surface area contributed by atoms with Crippen molar-refractivity contribution in [2.24, 2.45) is 5.41 Å². The third-order valence-corrected chi connectivity index (χ3v) is 5.42. The first-order chi connectivity index (χ1) is 14.7. The van der Waals surface area contributed by atoms with E-state index in [2.05, 4.69) is 36.2 Å². The minimum atomic E-state index is -0.509. The van der Waals surface area contributed by atoms with E-state index in [0.29, 0.717) is 42.5 Å². The summed E-state index contributed by atoms with van der Waals surface area (Å²) >= 11 is 0. The molecule has 168 valence electrons. The number of nitrogens with zero attached hydrogens (tertiary/aromatic N) is 3. The van der Waals surface area contributed by atoms with Crippen molar-refractivity contribution in [1.29, 1.82) is 5.41 Å². The number of piperidine rings is 1. The number of rotatable bonds is 7. The highest BCUT2D eigenvalue weighted by atomic mass is 19.1. The van der Waals surface area contributed by atoms with Crippen LogP contribution in [0.4, 0.5) is 10.1 Å². The second-order valence-corrected chi connectivity index (χ2v) is 9.49. The number of aromatic nitrogens is 2. The zero-order chi connectivity index (χ0) is 22.6. The number of hydrogen-bond donors (Lipinski definition) is 2. The number of halogens is 1. The summed E-state index contributed by atoms with van der Waals surface area (Å²) in [7, 11) is 0. The van der Waals surface area contributed by atoms with Crippen molar-refractivity contribution in [3.63, 3.8) is 0 Å². The molecule has 31 heavy (non-hydrogen) atoms. The molecule has 2 aromatic rings. The Labute approximate surface area is 182 Å². The molecule has 1 saturated heterocycles. The van der Waals surface area contributed by atoms with Crippen molar-refractivity contribution in [2.45, 2.75) is 58.9 Å². The molecule has 1 atom stereocenters. The first-order valence-electron chi connectivity index (χ1n) is 10.8. The van der Waals surface area contributed by atoms with Gasteiger partial charge < -0.3 is 20.1 Å². The standard InChI is InChI=1S/C23H32FN5O2/c1-15(13-24)26-19-11-17(5-6-18(19)14-25)21-27-22(31-28-21)16-7-9-29(10-8-16)20(30)12-23(2,3)4/h5-6,11,14-16,25-26H,7-10,12-13H2,1-4H3. The number of anilines is 1. The number of carbonyl (C=O) groups excluding carboxylic acids is 1. The van der Waals surface area contributed by atoms with Crippen molar-refractivity contribution >= 4 is 17.8 Å². The number of hydrogen-bond acceptors (Lipinski definition) is 6. The Morgan fingerprint density at radius 3 is 2.71 bits per heavy atom. The summed E-state index contributed by atoms with van der Waals surface area (Å²) in [6.07, 6.45) is 3.37. The summed E-state index contributed by atoms with van der Waals surface area (Å²) < 4.78 is 18.5. The molecule has 2 heterocycles. The van der Waals surface area contributed by atoms with Gasteiger partial charge in [-0.15, -0.1) is 0 Å². The van der Waals surface area contributed by atoms with Gasteiger partial charge in [-0.05, 0) is 31.2 Å². The van der Waals surface area contributed by atoms with Gasteiger partial charge in [-0.1, -0.05) is 38.1 Å². The van der Waals surface area contributed by atoms with Crippen LogP contribution in [0.5, 0.6) is 0 Å². The maximum absolute atomic E-state index is 12.9. The average molecular weight is 430 g/mol. The van der Waals surface area contributed by atoms with Gasteiger partial charge >= 0.3 is 0 Å². The van der Waals surface area contributed by atoms with E-state index in [-0.39, 0.29) is 23.3 Å². The van der Waals surface area contributed by atoms with E-state index in [1.165, 1.54) is 6.21 Å². The molecule has 1 aliphatic rings. The van der Waals surface area contributed by atoms with Gasteiger partial charge in [0.15, 0.2) is 0 Å². The van der Waals surface area contributed by atoms with Gasteiger partial charge in [0.2, 0.25) is 17.6 Å². The van der Waals surface area contributed by atoms with E-state index < -0.39 is 6.67 Å². The third-order valence-electron chi connectivity index (χ3n) is 5.42. The molecular formula is C23H32FN5O2. The fraction of sp³-hybridized carbons (Fsp3) is 0.565. The number of likely N-dealkylation sites (tertiary alicyclic amines) is 1. The van der Waals surface area contributed by atoms with Crippen LogP contribution in [0.1, 0.15) is 64.3 Å². The quantitative estimate of drug-likeness (QED) is 0.625. The summed E-state index contributed by atoms with van der Waals surface area (Å²) in [6, 6.07) is 5.06. The first-order valence-corrected chi connectivity index (χ1v) is 10.8. The van der Waals surface area contributed by atoms with Crippen LogP contribution in [-0.2, 0) is 4.79 Å². The van der Waals surface area contributed by atoms with Crippen LogP contribution in [-0.4, -0.2) is 53.0 Å². The van der Waals surface area contributed by atoms with E-state index in [9.17, 15) is 9.18 Å². The normalized spacial score (nSPS) is 16.2. The van der Waals surface area contributed by atoms with Crippen LogP contribution in [0.3, 0.4) is 0 Å². The molecule has 0 radical (unpaired) electrons. The Bertz CT molecular complexity index is 913. The molecule has 3 rings (SSSR count). The van der Waals surface area contributed by atoms with Gasteiger partial charge in [-0.3, -0.25) is 4.79 Å². The molecule has 7 nitrogen and oxygen atoms in total. The van der Waals surface area contributed by atoms with Crippen LogP contribution in [0.15, 0.2) is 22.7 Å². The minimum absolute atomic E-state index is 0.0156. The Morgan fingerprint density at radius 1 is 1.39 bits per heavy atom. The highest BCUT2D eigenvalue weighted by Gasteiger charge is 2.29. The van der Waals surface area contributed by atoms with E-state index in [1.807, 2.05) is 17.0 Å². The predicted octanol–water partition coefficient (Wildman–Crippen LogP) is 4.65. The highest BCUT2D eigenvalue weighted by Crippen LogP contribution is 2.31. The Balaban J connectivity index is 1.68. The van der Waals surface area contributed by atoms with Crippen molar-refractivity contribution in [2.75, 3.05) is 25.1 Å². The molecule has 8 heteroatoms. The molecule has 2 N–H and O–H groups in total. The number of alkyl halides is 1. The van der Waals surface area contributed by atoms with Gasteiger partial charge in [-0.25, -0.2) is 4.39 Å². The lowest BCUT2D eigenvalue weighted by molar-refractivity contribution is -0.134. The smallest absolute Gasteiger partial charge is 0.230 e. The molecule has 1 aromatic heterocycles. The minimum Gasteiger partial charge on any atom is -0.379 e. The van der Waals surface area contributed by atoms with E-state index in [4.69, 9.17) is 9.93 Å². The molecule has 0 aliphatic carbocycles. The number of nitrogens with one attached hydrogen (secondary N) is 2. The number of amides is 1. The molecule has 0 saturated carbocycles. The van der Waals surface area contributed by atoms with Crippen LogP contribution >= 0.6 is 0 Å². The Hall–Kier alpha value is -2.77. The SMILES string of the molecule is CC(CF)Nc1cc(-c2noc(C3CCN(C(=O)CC(C)(C)C)CC3)n2)ccc1C=N. The molecule has 0 bridgehead atoms. The van der Waals surface area contributed by atoms with Gasteiger partial charge in [0.25, 0.3) is 0 Å². The molecule has 1 aromatic carbocycles. The monoisotopic (exact) mass is 429 g/mol. The number of carbonyl (C=O) groups is 1. The molecular weight excluding hydrogens is 397 g/mol. The summed E-state index contributed by atoms with van der Waals surface area (Å²) in [4.78, 5) is 19.0. The Morgan fingerprint density at radius 2 is 2.10 bits per heavy atom. The fourth-order valence-corrected chi connectivity index (χ4v) is 3.71. The van der Waals surface area contributed by atoms with E-state index in [1.54, 1.807) is 13.0 Å². The lowest BCUT2D eigenvalue weighted by atomic mass is 9.90. The second-order valence-electron chi connectivity index (χ2n) is 9.49. The maximum atomic E-state index is 12.9. The topological polar surface area (TPSA) is 95.1 Å². The van der Waals surface area contributed by atoms with Crippen molar-refractivity contribution in [3.8, 4) is 11.4 Å². The van der Waals surface area contributed by atoms with Crippen LogP contribution in [0, 0.1) is 10.8 Å². The lowest BCUT2D eigenvalue weighted by Gasteiger charge is -2.32. The average Bonchev–Trinajstić information content (AvgIpc) is 3.22. The van der Waals surface area contributed by atoms with Crippen molar-refractivity contribution < 1.29 is 13.7 Å². The summed E-state index contributed by atoms with van der Waals surface area (Å²) in [5.74, 6) is 1.38. The summed E-state index contributed by atoms with van der Waals surface area (Å²) in [5, 5.41) is 14.8. The van der Waals surface area contributed by atoms with Crippen LogP contribution in [0.25, 0.3) is 11.4 Å². The summed E-state index contributed by atoms with van der Waals surface area (Å²) in [6.45, 7) is 8.85. The summed E-state index contributed by atoms with van der Waals surface area (Å²) in [5.41, 5.74) is 2.06. The van der Waals surface area contributed by atoms with Crippen LogP contribution < -0.4 is 5.32 Å². The lowest BCUT2D eigenvalue weighted by Crippen LogP contribution is -2.39. The maximum Gasteiger partial charge on any atom is 0.230 e. The molecule has 1 unspecified atom stereocenters. The highest BCUT2D eigenvalue weighted by molar-refractivity contribution is 5.87. The van der Waals surface area contributed by atoms with Crippen molar-refractivity contribution in [3.05, 3.63) is 29.7 Å². The van der Waals surface area contributed by atoms with E-state index >= 15 is 0 Å². The van der Waals surface area contributed by atoms with Gasteiger partial charge in [0.05, 0.1) is 6.04 Å². The fourth-order valence-electron chi connectivity index (χ4n) is 3.71. The molecule has 1 amide bonds. The molecule has 1 fully saturated rings. The predicted molar refractivity (Wildman–Crippen MR) is 119 cm³/mol. The van der Waals surface area contributed by atoms with Gasteiger partial charge in [0, 0.05) is 48.5 Å².